The van der Waals surface area contributed by atoms with Gasteiger partial charge in [0.1, 0.15) is 23.8 Å². The molecule has 0 radical (unpaired) electrons. The number of para-hydroxylation sites is 1. The molecule has 2 amide bonds. The van der Waals surface area contributed by atoms with Gasteiger partial charge in [0.25, 0.3) is 5.69 Å². The molecule has 9 heteroatoms. The van der Waals surface area contributed by atoms with Crippen molar-refractivity contribution in [3.05, 3.63) is 88.5 Å². The van der Waals surface area contributed by atoms with Gasteiger partial charge in [-0.3, -0.25) is 15.0 Å². The molecule has 0 bridgehead atoms. The van der Waals surface area contributed by atoms with Gasteiger partial charge in [-0.15, -0.1) is 0 Å². The van der Waals surface area contributed by atoms with Crippen molar-refractivity contribution >= 4 is 28.8 Å². The molecule has 1 heterocycles. The third-order valence-electron chi connectivity index (χ3n) is 7.75. The van der Waals surface area contributed by atoms with E-state index in [9.17, 15) is 14.9 Å². The number of ether oxygens (including phenoxy) is 2. The maximum Gasteiger partial charge on any atom is 0.349 e. The molecule has 0 N–H and O–H groups in total. The molecule has 1 fully saturated rings. The first kappa shape index (κ1) is 28.1. The highest BCUT2D eigenvalue weighted by atomic mass is 16.6. The zero-order valence-corrected chi connectivity index (χ0v) is 23.4. The number of hydrogen-bond donors (Lipinski definition) is 0. The zero-order valence-electron chi connectivity index (χ0n) is 23.4. The molecule has 0 atom stereocenters. The Morgan fingerprint density at radius 2 is 1.46 bits per heavy atom. The summed E-state index contributed by atoms with van der Waals surface area (Å²) in [4.78, 5) is 26.9. The van der Waals surface area contributed by atoms with Gasteiger partial charge in [0.05, 0.1) is 29.4 Å². The number of fused-ring (bicyclic) bond motifs is 1. The standard InChI is InChI=1S/C32H36N4O5/c1-40-27-19-21-28(22-20-27)41-23-30-29-13-9-10-14-31(29)34(24-15-17-26(18-16-24)36(38)39)32(37)35(33-30)25-11-7-5-3-2-4-6-8-12-25/h9-10,13-22,25H,2-8,11-12,23H2,1H3. The van der Waals surface area contributed by atoms with E-state index < -0.39 is 4.92 Å². The minimum Gasteiger partial charge on any atom is -0.497 e. The summed E-state index contributed by atoms with van der Waals surface area (Å²) in [6.45, 7) is 0.161. The molecule has 0 aromatic heterocycles. The quantitative estimate of drug-likeness (QED) is 0.218. The van der Waals surface area contributed by atoms with Crippen LogP contribution < -0.4 is 14.4 Å². The van der Waals surface area contributed by atoms with Crippen molar-refractivity contribution in [2.75, 3.05) is 18.6 Å². The molecule has 2 aliphatic rings. The molecule has 9 nitrogen and oxygen atoms in total. The van der Waals surface area contributed by atoms with Crippen molar-refractivity contribution in [1.82, 2.24) is 5.01 Å². The number of non-ortho nitro benzene ring substituents is 1. The second-order valence-electron chi connectivity index (χ2n) is 10.5. The van der Waals surface area contributed by atoms with Gasteiger partial charge in [-0.1, -0.05) is 63.1 Å². The summed E-state index contributed by atoms with van der Waals surface area (Å²) in [7, 11) is 1.62. The summed E-state index contributed by atoms with van der Waals surface area (Å²) >= 11 is 0. The van der Waals surface area contributed by atoms with Gasteiger partial charge < -0.3 is 9.47 Å². The largest absolute Gasteiger partial charge is 0.497 e. The van der Waals surface area contributed by atoms with E-state index in [0.29, 0.717) is 22.8 Å². The summed E-state index contributed by atoms with van der Waals surface area (Å²) in [5, 5.41) is 18.0. The molecule has 1 aliphatic heterocycles. The van der Waals surface area contributed by atoms with Crippen molar-refractivity contribution in [3.8, 4) is 11.5 Å². The number of amides is 2. The highest BCUT2D eigenvalue weighted by molar-refractivity contribution is 6.13. The van der Waals surface area contributed by atoms with Gasteiger partial charge in [0.2, 0.25) is 0 Å². The minimum absolute atomic E-state index is 0.0293. The molecule has 3 aromatic carbocycles. The van der Waals surface area contributed by atoms with Crippen molar-refractivity contribution < 1.29 is 19.2 Å². The monoisotopic (exact) mass is 556 g/mol. The van der Waals surface area contributed by atoms with Crippen LogP contribution in [0.3, 0.4) is 0 Å². The van der Waals surface area contributed by atoms with E-state index in [4.69, 9.17) is 14.6 Å². The molecular formula is C32H36N4O5. The number of hydrogen-bond acceptors (Lipinski definition) is 6. The second kappa shape index (κ2) is 13.3. The Morgan fingerprint density at radius 1 is 0.854 bits per heavy atom. The van der Waals surface area contributed by atoms with Gasteiger partial charge in [-0.05, 0) is 55.3 Å². The van der Waals surface area contributed by atoms with Gasteiger partial charge in [0.15, 0.2) is 0 Å². The number of nitrogens with zero attached hydrogens (tertiary/aromatic N) is 4. The van der Waals surface area contributed by atoms with Crippen LogP contribution >= 0.6 is 0 Å². The number of anilines is 2. The highest BCUT2D eigenvalue weighted by Gasteiger charge is 2.35. The van der Waals surface area contributed by atoms with Gasteiger partial charge in [0, 0.05) is 17.7 Å². The number of rotatable bonds is 7. The smallest absolute Gasteiger partial charge is 0.349 e. The van der Waals surface area contributed by atoms with Gasteiger partial charge in [-0.25, -0.2) is 9.80 Å². The molecule has 0 spiro atoms. The number of methoxy groups -OCH3 is 1. The summed E-state index contributed by atoms with van der Waals surface area (Å²) in [6.07, 6.45) is 9.78. The lowest BCUT2D eigenvalue weighted by Crippen LogP contribution is -2.43. The molecule has 1 saturated carbocycles. The van der Waals surface area contributed by atoms with E-state index in [-0.39, 0.29) is 24.4 Å². The fourth-order valence-corrected chi connectivity index (χ4v) is 5.52. The van der Waals surface area contributed by atoms with Crippen LogP contribution in [0, 0.1) is 10.1 Å². The molecule has 1 aliphatic carbocycles. The number of carbonyl (C=O) groups excluding carboxylic acids is 1. The van der Waals surface area contributed by atoms with Crippen LogP contribution in [-0.2, 0) is 0 Å². The Labute approximate surface area is 240 Å². The first-order valence-corrected chi connectivity index (χ1v) is 14.4. The maximum absolute atomic E-state index is 14.4. The van der Waals surface area contributed by atoms with Crippen molar-refractivity contribution in [2.45, 2.75) is 63.8 Å². The van der Waals surface area contributed by atoms with Crippen LogP contribution in [0.4, 0.5) is 21.9 Å². The van der Waals surface area contributed by atoms with E-state index in [1.807, 2.05) is 48.5 Å². The molecule has 0 saturated heterocycles. The van der Waals surface area contributed by atoms with E-state index >= 15 is 0 Å². The predicted octanol–water partition coefficient (Wildman–Crippen LogP) is 7.85. The number of nitro groups is 1. The molecule has 0 unspecified atom stereocenters. The average Bonchev–Trinajstić information content (AvgIpc) is 3.13. The Bertz CT molecular complexity index is 1360. The summed E-state index contributed by atoms with van der Waals surface area (Å²) in [5.41, 5.74) is 2.59. The van der Waals surface area contributed by atoms with Crippen molar-refractivity contribution in [2.24, 2.45) is 5.10 Å². The second-order valence-corrected chi connectivity index (χ2v) is 10.5. The molecule has 5 rings (SSSR count). The van der Waals surface area contributed by atoms with Gasteiger partial charge in [-0.2, -0.15) is 5.10 Å². The first-order chi connectivity index (χ1) is 20.0. The fraction of sp³-hybridized carbons (Fsp3) is 0.375. The van der Waals surface area contributed by atoms with E-state index in [1.54, 1.807) is 29.2 Å². The Hall–Kier alpha value is -4.40. The lowest BCUT2D eigenvalue weighted by atomic mass is 9.97. The van der Waals surface area contributed by atoms with Crippen molar-refractivity contribution in [1.29, 1.82) is 0 Å². The Balaban J connectivity index is 1.55. The number of nitro benzene ring substituents is 1. The van der Waals surface area contributed by atoms with E-state index in [1.165, 1.54) is 31.4 Å². The Kier molecular flexibility index (Phi) is 9.13. The van der Waals surface area contributed by atoms with Crippen molar-refractivity contribution in [3.63, 3.8) is 0 Å². The van der Waals surface area contributed by atoms with Crippen LogP contribution in [-0.4, -0.2) is 41.4 Å². The molecular weight excluding hydrogens is 520 g/mol. The normalized spacial score (nSPS) is 16.8. The summed E-state index contributed by atoms with van der Waals surface area (Å²) < 4.78 is 11.4. The van der Waals surface area contributed by atoms with Crippen LogP contribution in [0.5, 0.6) is 11.5 Å². The lowest BCUT2D eigenvalue weighted by molar-refractivity contribution is -0.384. The third-order valence-corrected chi connectivity index (χ3v) is 7.75. The van der Waals surface area contributed by atoms with Crippen LogP contribution in [0.15, 0.2) is 77.9 Å². The number of urea groups is 1. The third kappa shape index (κ3) is 6.67. The average molecular weight is 557 g/mol. The SMILES string of the molecule is COc1ccc(OCC2=NN(C3CCCCCCCCC3)C(=O)N(c3ccc([N+](=O)[O-])cc3)c3ccccc32)cc1. The lowest BCUT2D eigenvalue weighted by Gasteiger charge is -2.32. The maximum atomic E-state index is 14.4. The Morgan fingerprint density at radius 3 is 2.10 bits per heavy atom. The van der Waals surface area contributed by atoms with Gasteiger partial charge >= 0.3 is 6.03 Å². The number of benzene rings is 3. The summed E-state index contributed by atoms with van der Waals surface area (Å²) in [5.74, 6) is 1.40. The van der Waals surface area contributed by atoms with E-state index in [0.717, 1.165) is 49.8 Å². The fourth-order valence-electron chi connectivity index (χ4n) is 5.52. The zero-order chi connectivity index (χ0) is 28.6. The topological polar surface area (TPSA) is 97.5 Å². The predicted molar refractivity (Wildman–Crippen MR) is 159 cm³/mol. The number of carbonyl (C=O) groups is 1. The van der Waals surface area contributed by atoms with E-state index in [2.05, 4.69) is 0 Å². The minimum atomic E-state index is -0.438. The first-order valence-electron chi connectivity index (χ1n) is 14.4. The molecule has 3 aromatic rings. The van der Waals surface area contributed by atoms with Crippen LogP contribution in [0.25, 0.3) is 0 Å². The number of hydrazone groups is 1. The molecule has 41 heavy (non-hydrogen) atoms. The highest BCUT2D eigenvalue weighted by Crippen LogP contribution is 2.36. The van der Waals surface area contributed by atoms with Crippen LogP contribution in [0.1, 0.15) is 63.4 Å². The summed E-state index contributed by atoms with van der Waals surface area (Å²) in [6, 6.07) is 20.7. The molecule has 214 valence electrons. The van der Waals surface area contributed by atoms with Crippen LogP contribution in [0.2, 0.25) is 0 Å².